The summed E-state index contributed by atoms with van der Waals surface area (Å²) >= 11 is 2.14. The van der Waals surface area contributed by atoms with Crippen LogP contribution in [0.5, 0.6) is 0 Å². The molecule has 0 aliphatic carbocycles. The van der Waals surface area contributed by atoms with E-state index in [-0.39, 0.29) is 18.5 Å². The lowest BCUT2D eigenvalue weighted by Gasteiger charge is -2.23. The maximum absolute atomic E-state index is 12.3. The normalized spacial score (nSPS) is 12.5. The molecule has 0 unspecified atom stereocenters. The lowest BCUT2D eigenvalue weighted by atomic mass is 10.1. The molecular formula is C17H19IN2O3S. The maximum Gasteiger partial charge on any atom is 0.241 e. The van der Waals surface area contributed by atoms with E-state index in [9.17, 15) is 13.2 Å². The van der Waals surface area contributed by atoms with Crippen molar-refractivity contribution in [1.82, 2.24) is 5.32 Å². The minimum Gasteiger partial charge on any atom is -0.348 e. The Morgan fingerprint density at radius 1 is 1.12 bits per heavy atom. The van der Waals surface area contributed by atoms with E-state index >= 15 is 0 Å². The fourth-order valence-corrected chi connectivity index (χ4v) is 3.47. The second-order valence-corrected chi connectivity index (χ2v) is 8.60. The lowest BCUT2D eigenvalue weighted by Crippen LogP contribution is -2.41. The molecule has 5 nitrogen and oxygen atoms in total. The molecule has 1 N–H and O–H groups in total. The number of sulfonamides is 1. The van der Waals surface area contributed by atoms with Gasteiger partial charge in [-0.2, -0.15) is 0 Å². The van der Waals surface area contributed by atoms with Gasteiger partial charge in [0.05, 0.1) is 18.0 Å². The zero-order valence-electron chi connectivity index (χ0n) is 13.4. The molecule has 0 aromatic heterocycles. The molecule has 0 radical (unpaired) electrons. The average Bonchev–Trinajstić information content (AvgIpc) is 2.53. The third-order valence-corrected chi connectivity index (χ3v) is 5.34. The molecule has 0 spiro atoms. The number of nitrogens with zero attached hydrogens (tertiary/aromatic N) is 1. The molecule has 0 aliphatic rings. The molecule has 0 saturated carbocycles. The molecule has 2 rings (SSSR count). The summed E-state index contributed by atoms with van der Waals surface area (Å²) in [5.74, 6) is -0.352. The first kappa shape index (κ1) is 18.7. The van der Waals surface area contributed by atoms with Gasteiger partial charge in [0.2, 0.25) is 15.9 Å². The Hall–Kier alpha value is -1.61. The van der Waals surface area contributed by atoms with Gasteiger partial charge in [0.15, 0.2) is 0 Å². The second kappa shape index (κ2) is 7.98. The Kier molecular flexibility index (Phi) is 6.22. The minimum atomic E-state index is -3.56. The molecule has 2 aromatic carbocycles. The maximum atomic E-state index is 12.3. The summed E-state index contributed by atoms with van der Waals surface area (Å²) in [6.07, 6.45) is 1.10. The third kappa shape index (κ3) is 5.20. The number of rotatable bonds is 6. The van der Waals surface area contributed by atoms with Crippen LogP contribution in [0.1, 0.15) is 18.5 Å². The predicted molar refractivity (Wildman–Crippen MR) is 104 cm³/mol. The third-order valence-electron chi connectivity index (χ3n) is 3.48. The minimum absolute atomic E-state index is 0.197. The first-order chi connectivity index (χ1) is 11.3. The van der Waals surface area contributed by atoms with E-state index in [0.29, 0.717) is 5.69 Å². The van der Waals surface area contributed by atoms with Crippen LogP contribution in [0.15, 0.2) is 54.6 Å². The van der Waals surface area contributed by atoms with Crippen molar-refractivity contribution in [3.63, 3.8) is 0 Å². The van der Waals surface area contributed by atoms with E-state index in [4.69, 9.17) is 0 Å². The van der Waals surface area contributed by atoms with Crippen LogP contribution >= 0.6 is 22.6 Å². The SMILES string of the molecule is C[C@H](NC(=O)CN(c1ccc(I)cc1)S(C)(=O)=O)c1ccccc1. The van der Waals surface area contributed by atoms with E-state index in [0.717, 1.165) is 19.7 Å². The average molecular weight is 458 g/mol. The topological polar surface area (TPSA) is 66.5 Å². The van der Waals surface area contributed by atoms with Gasteiger partial charge in [0.1, 0.15) is 6.54 Å². The number of carbonyl (C=O) groups is 1. The standard InChI is InChI=1S/C17H19IN2O3S/c1-13(14-6-4-3-5-7-14)19-17(21)12-20(24(2,22)23)16-10-8-15(18)9-11-16/h3-11,13H,12H2,1-2H3,(H,19,21)/t13-/m0/s1. The van der Waals surface area contributed by atoms with Crippen molar-refractivity contribution >= 4 is 44.2 Å². The summed E-state index contributed by atoms with van der Waals surface area (Å²) < 4.78 is 26.2. The first-order valence-electron chi connectivity index (χ1n) is 7.35. The Labute approximate surface area is 156 Å². The van der Waals surface area contributed by atoms with E-state index < -0.39 is 10.0 Å². The van der Waals surface area contributed by atoms with E-state index in [1.807, 2.05) is 37.3 Å². The van der Waals surface area contributed by atoms with Gasteiger partial charge in [-0.25, -0.2) is 8.42 Å². The van der Waals surface area contributed by atoms with Crippen molar-refractivity contribution in [2.45, 2.75) is 13.0 Å². The number of benzene rings is 2. The monoisotopic (exact) mass is 458 g/mol. The van der Waals surface area contributed by atoms with E-state index in [2.05, 4.69) is 27.9 Å². The molecule has 2 aromatic rings. The van der Waals surface area contributed by atoms with Crippen LogP contribution in [0.3, 0.4) is 0 Å². The van der Waals surface area contributed by atoms with Crippen molar-refractivity contribution < 1.29 is 13.2 Å². The number of nitrogens with one attached hydrogen (secondary N) is 1. The molecule has 0 heterocycles. The highest BCUT2D eigenvalue weighted by atomic mass is 127. The van der Waals surface area contributed by atoms with Gasteiger partial charge >= 0.3 is 0 Å². The van der Waals surface area contributed by atoms with Crippen molar-refractivity contribution in [2.75, 3.05) is 17.1 Å². The number of amides is 1. The van der Waals surface area contributed by atoms with Crippen LogP contribution in [0.4, 0.5) is 5.69 Å². The van der Waals surface area contributed by atoms with Gasteiger partial charge in [0, 0.05) is 3.57 Å². The number of hydrogen-bond acceptors (Lipinski definition) is 3. The second-order valence-electron chi connectivity index (χ2n) is 5.45. The summed E-state index contributed by atoms with van der Waals surface area (Å²) in [4.78, 5) is 12.3. The van der Waals surface area contributed by atoms with E-state index in [1.54, 1.807) is 24.3 Å². The highest BCUT2D eigenvalue weighted by Crippen LogP contribution is 2.19. The molecular weight excluding hydrogens is 439 g/mol. The molecule has 24 heavy (non-hydrogen) atoms. The summed E-state index contributed by atoms with van der Waals surface area (Å²) in [6.45, 7) is 1.61. The molecule has 1 amide bonds. The van der Waals surface area contributed by atoms with Crippen molar-refractivity contribution in [3.8, 4) is 0 Å². The van der Waals surface area contributed by atoms with Crippen LogP contribution in [-0.4, -0.2) is 27.1 Å². The summed E-state index contributed by atoms with van der Waals surface area (Å²) in [6, 6.07) is 16.3. The van der Waals surface area contributed by atoms with Crippen LogP contribution in [0.25, 0.3) is 0 Å². The quantitative estimate of drug-likeness (QED) is 0.678. The highest BCUT2D eigenvalue weighted by molar-refractivity contribution is 14.1. The Balaban J connectivity index is 2.12. The first-order valence-corrected chi connectivity index (χ1v) is 10.3. The molecule has 0 fully saturated rings. The summed E-state index contributed by atoms with van der Waals surface area (Å²) in [7, 11) is -3.56. The largest absolute Gasteiger partial charge is 0.348 e. The number of halogens is 1. The van der Waals surface area contributed by atoms with E-state index in [1.165, 1.54) is 0 Å². The molecule has 128 valence electrons. The lowest BCUT2D eigenvalue weighted by molar-refractivity contribution is -0.120. The smallest absolute Gasteiger partial charge is 0.241 e. The molecule has 1 atom stereocenters. The van der Waals surface area contributed by atoms with Crippen molar-refractivity contribution in [3.05, 3.63) is 63.7 Å². The Bertz CT molecular complexity index is 792. The molecule has 0 aliphatic heterocycles. The van der Waals surface area contributed by atoms with Crippen LogP contribution in [-0.2, 0) is 14.8 Å². The van der Waals surface area contributed by atoms with Gasteiger partial charge in [0.25, 0.3) is 0 Å². The Morgan fingerprint density at radius 2 is 1.71 bits per heavy atom. The van der Waals surface area contributed by atoms with Gasteiger partial charge in [-0.1, -0.05) is 30.3 Å². The van der Waals surface area contributed by atoms with Crippen molar-refractivity contribution in [2.24, 2.45) is 0 Å². The van der Waals surface area contributed by atoms with Crippen molar-refractivity contribution in [1.29, 1.82) is 0 Å². The highest BCUT2D eigenvalue weighted by Gasteiger charge is 2.21. The zero-order chi connectivity index (χ0) is 17.7. The fraction of sp³-hybridized carbons (Fsp3) is 0.235. The number of carbonyl (C=O) groups excluding carboxylic acids is 1. The zero-order valence-corrected chi connectivity index (χ0v) is 16.4. The van der Waals surface area contributed by atoms with Gasteiger partial charge in [-0.3, -0.25) is 9.10 Å². The number of hydrogen-bond donors (Lipinski definition) is 1. The van der Waals surface area contributed by atoms with Crippen LogP contribution in [0, 0.1) is 3.57 Å². The van der Waals surface area contributed by atoms with Gasteiger partial charge in [-0.05, 0) is 59.3 Å². The summed E-state index contributed by atoms with van der Waals surface area (Å²) in [5.41, 5.74) is 1.44. The predicted octanol–water partition coefficient (Wildman–Crippen LogP) is 2.93. The molecule has 0 saturated heterocycles. The molecule has 7 heteroatoms. The van der Waals surface area contributed by atoms with Crippen LogP contribution in [0.2, 0.25) is 0 Å². The van der Waals surface area contributed by atoms with Gasteiger partial charge < -0.3 is 5.32 Å². The van der Waals surface area contributed by atoms with Gasteiger partial charge in [-0.15, -0.1) is 0 Å². The molecule has 0 bridgehead atoms. The fourth-order valence-electron chi connectivity index (χ4n) is 2.25. The Morgan fingerprint density at radius 3 is 2.25 bits per heavy atom. The summed E-state index contributed by atoms with van der Waals surface area (Å²) in [5, 5.41) is 2.83. The van der Waals surface area contributed by atoms with Crippen LogP contribution < -0.4 is 9.62 Å². The number of anilines is 1.